The molecule has 1 aromatic rings. The van der Waals surface area contributed by atoms with Crippen molar-refractivity contribution in [3.8, 4) is 0 Å². The number of thiophene rings is 1. The molecule has 0 spiro atoms. The van der Waals surface area contributed by atoms with Gasteiger partial charge in [-0.1, -0.05) is 13.3 Å². The highest BCUT2D eigenvalue weighted by Gasteiger charge is 1.99. The highest BCUT2D eigenvalue weighted by atomic mass is 32.1. The molecule has 0 saturated heterocycles. The lowest BCUT2D eigenvalue weighted by Crippen LogP contribution is -1.97. The number of nitrogens with one attached hydrogen (secondary N) is 1. The summed E-state index contributed by atoms with van der Waals surface area (Å²) in [6.45, 7) is 5.37. The van der Waals surface area contributed by atoms with E-state index in [1.165, 1.54) is 24.1 Å². The molecule has 62 valence electrons. The molecule has 1 heterocycles. The van der Waals surface area contributed by atoms with Crippen molar-refractivity contribution in [2.24, 2.45) is 0 Å². The van der Waals surface area contributed by atoms with Gasteiger partial charge in [-0.05, 0) is 24.3 Å². The summed E-state index contributed by atoms with van der Waals surface area (Å²) in [4.78, 5) is 0. The molecule has 1 aromatic heterocycles. The lowest BCUT2D eigenvalue weighted by Gasteiger charge is -2.02. The molecule has 1 nitrogen and oxygen atoms in total. The Morgan fingerprint density at radius 2 is 2.18 bits per heavy atom. The first-order chi connectivity index (χ1) is 5.38. The van der Waals surface area contributed by atoms with Gasteiger partial charge in [0.2, 0.25) is 0 Å². The second-order valence-corrected chi connectivity index (χ2v) is 3.33. The quantitative estimate of drug-likeness (QED) is 0.730. The van der Waals surface area contributed by atoms with Crippen molar-refractivity contribution in [2.45, 2.75) is 26.7 Å². The Labute approximate surface area is 72.4 Å². The Bertz CT molecular complexity index is 185. The van der Waals surface area contributed by atoms with E-state index in [4.69, 9.17) is 0 Å². The molecule has 0 saturated carbocycles. The number of anilines is 1. The summed E-state index contributed by atoms with van der Waals surface area (Å²) in [5.41, 5.74) is 2.80. The summed E-state index contributed by atoms with van der Waals surface area (Å²) >= 11 is 1.78. The van der Waals surface area contributed by atoms with E-state index < -0.39 is 0 Å². The van der Waals surface area contributed by atoms with E-state index in [0.29, 0.717) is 0 Å². The minimum atomic E-state index is 1.02. The van der Waals surface area contributed by atoms with Crippen molar-refractivity contribution >= 4 is 17.0 Å². The van der Waals surface area contributed by atoms with E-state index >= 15 is 0 Å². The average molecular weight is 169 g/mol. The minimum Gasteiger partial charge on any atom is -0.384 e. The lowest BCUT2D eigenvalue weighted by molar-refractivity contribution is 0.925. The first-order valence-electron chi connectivity index (χ1n) is 4.17. The minimum absolute atomic E-state index is 1.02. The molecule has 1 N–H and O–H groups in total. The van der Waals surface area contributed by atoms with E-state index in [2.05, 4.69) is 29.9 Å². The molecule has 0 aliphatic rings. The maximum atomic E-state index is 3.35. The highest BCUT2D eigenvalue weighted by molar-refractivity contribution is 7.08. The molecule has 1 rings (SSSR count). The van der Waals surface area contributed by atoms with Crippen LogP contribution in [-0.4, -0.2) is 6.54 Å². The van der Waals surface area contributed by atoms with Crippen LogP contribution in [0.5, 0.6) is 0 Å². The van der Waals surface area contributed by atoms with E-state index in [1.54, 1.807) is 11.3 Å². The average Bonchev–Trinajstić information content (AvgIpc) is 2.39. The zero-order valence-electron chi connectivity index (χ0n) is 7.18. The van der Waals surface area contributed by atoms with Crippen LogP contribution in [0.4, 0.5) is 5.69 Å². The molecule has 0 radical (unpaired) electrons. The summed E-state index contributed by atoms with van der Waals surface area (Å²) in [7, 11) is 0. The molecule has 0 aliphatic carbocycles. The Kier molecular flexibility index (Phi) is 3.43. The van der Waals surface area contributed by atoms with Crippen LogP contribution in [0.15, 0.2) is 10.8 Å². The first-order valence-corrected chi connectivity index (χ1v) is 5.11. The Hall–Kier alpha value is -0.500. The van der Waals surface area contributed by atoms with E-state index in [9.17, 15) is 0 Å². The molecule has 0 amide bonds. The summed E-state index contributed by atoms with van der Waals surface area (Å²) in [6.07, 6.45) is 2.43. The SMILES string of the molecule is CCCc1cscc1NCC. The van der Waals surface area contributed by atoms with Gasteiger partial charge >= 0.3 is 0 Å². The molecule has 11 heavy (non-hydrogen) atoms. The molecule has 2 heteroatoms. The van der Waals surface area contributed by atoms with E-state index in [1.807, 2.05) is 0 Å². The predicted octanol–water partition coefficient (Wildman–Crippen LogP) is 3.13. The van der Waals surface area contributed by atoms with Crippen LogP contribution in [-0.2, 0) is 6.42 Å². The predicted molar refractivity (Wildman–Crippen MR) is 52.5 cm³/mol. The Balaban J connectivity index is 2.62. The summed E-state index contributed by atoms with van der Waals surface area (Å²) < 4.78 is 0. The van der Waals surface area contributed by atoms with Crippen molar-refractivity contribution in [3.63, 3.8) is 0 Å². The third-order valence-corrected chi connectivity index (χ3v) is 2.42. The topological polar surface area (TPSA) is 12.0 Å². The number of rotatable bonds is 4. The fraction of sp³-hybridized carbons (Fsp3) is 0.556. The highest BCUT2D eigenvalue weighted by Crippen LogP contribution is 2.21. The molecule has 0 unspecified atom stereocenters. The molecule has 0 fully saturated rings. The summed E-state index contributed by atoms with van der Waals surface area (Å²) in [5.74, 6) is 0. The number of hydrogen-bond donors (Lipinski definition) is 1. The smallest absolute Gasteiger partial charge is 0.0481 e. The van der Waals surface area contributed by atoms with E-state index in [-0.39, 0.29) is 0 Å². The molecule has 0 aromatic carbocycles. The molecular weight excluding hydrogens is 154 g/mol. The van der Waals surface area contributed by atoms with Crippen LogP contribution >= 0.6 is 11.3 Å². The normalized spacial score (nSPS) is 10.0. The third kappa shape index (κ3) is 2.22. The zero-order valence-corrected chi connectivity index (χ0v) is 8.00. The van der Waals surface area contributed by atoms with Gasteiger partial charge in [0.25, 0.3) is 0 Å². The Morgan fingerprint density at radius 3 is 2.82 bits per heavy atom. The largest absolute Gasteiger partial charge is 0.384 e. The van der Waals surface area contributed by atoms with E-state index in [0.717, 1.165) is 6.54 Å². The van der Waals surface area contributed by atoms with Crippen LogP contribution in [0.3, 0.4) is 0 Å². The van der Waals surface area contributed by atoms with Crippen LogP contribution in [0.25, 0.3) is 0 Å². The van der Waals surface area contributed by atoms with Crippen molar-refractivity contribution in [2.75, 3.05) is 11.9 Å². The number of hydrogen-bond acceptors (Lipinski definition) is 2. The fourth-order valence-corrected chi connectivity index (χ4v) is 1.98. The Morgan fingerprint density at radius 1 is 1.36 bits per heavy atom. The zero-order chi connectivity index (χ0) is 8.10. The standard InChI is InChI=1S/C9H15NS/c1-3-5-8-6-11-7-9(8)10-4-2/h6-7,10H,3-5H2,1-2H3. The van der Waals surface area contributed by atoms with Crippen LogP contribution in [0.2, 0.25) is 0 Å². The molecule has 0 atom stereocenters. The van der Waals surface area contributed by atoms with Gasteiger partial charge in [-0.2, -0.15) is 0 Å². The second-order valence-electron chi connectivity index (χ2n) is 2.59. The van der Waals surface area contributed by atoms with Crippen molar-refractivity contribution < 1.29 is 0 Å². The van der Waals surface area contributed by atoms with Gasteiger partial charge in [0.1, 0.15) is 0 Å². The van der Waals surface area contributed by atoms with Crippen LogP contribution in [0.1, 0.15) is 25.8 Å². The number of aryl methyl sites for hydroxylation is 1. The van der Waals surface area contributed by atoms with Crippen LogP contribution < -0.4 is 5.32 Å². The summed E-state index contributed by atoms with van der Waals surface area (Å²) in [6, 6.07) is 0. The van der Waals surface area contributed by atoms with Crippen LogP contribution in [0, 0.1) is 0 Å². The summed E-state index contributed by atoms with van der Waals surface area (Å²) in [5, 5.41) is 7.78. The van der Waals surface area contributed by atoms with Gasteiger partial charge in [0.05, 0.1) is 0 Å². The maximum Gasteiger partial charge on any atom is 0.0481 e. The molecule has 0 bridgehead atoms. The fourth-order valence-electron chi connectivity index (χ4n) is 1.13. The monoisotopic (exact) mass is 169 g/mol. The lowest BCUT2D eigenvalue weighted by atomic mass is 10.2. The third-order valence-electron chi connectivity index (χ3n) is 1.63. The van der Waals surface area contributed by atoms with Gasteiger partial charge < -0.3 is 5.32 Å². The first kappa shape index (κ1) is 8.60. The van der Waals surface area contributed by atoms with Gasteiger partial charge in [0.15, 0.2) is 0 Å². The maximum absolute atomic E-state index is 3.35. The van der Waals surface area contributed by atoms with Gasteiger partial charge in [-0.3, -0.25) is 0 Å². The second kappa shape index (κ2) is 4.39. The van der Waals surface area contributed by atoms with Crippen molar-refractivity contribution in [3.05, 3.63) is 16.3 Å². The molecular formula is C9H15NS. The van der Waals surface area contributed by atoms with Crippen molar-refractivity contribution in [1.82, 2.24) is 0 Å². The van der Waals surface area contributed by atoms with Gasteiger partial charge in [-0.25, -0.2) is 0 Å². The van der Waals surface area contributed by atoms with Gasteiger partial charge in [-0.15, -0.1) is 11.3 Å². The van der Waals surface area contributed by atoms with Crippen molar-refractivity contribution in [1.29, 1.82) is 0 Å². The van der Waals surface area contributed by atoms with Gasteiger partial charge in [0, 0.05) is 17.6 Å². The molecule has 0 aliphatic heterocycles.